The SMILES string of the molecule is Cc1ccc(-c2ccc(C(=O)N[C@@H]3C[C@H]4CC[C@@H]3N4)o2)cc1. The van der Waals surface area contributed by atoms with Crippen LogP contribution in [0.25, 0.3) is 11.3 Å². The maximum Gasteiger partial charge on any atom is 0.287 e. The molecule has 2 N–H and O–H groups in total. The van der Waals surface area contributed by atoms with Gasteiger partial charge in [-0.3, -0.25) is 4.79 Å². The van der Waals surface area contributed by atoms with Crippen molar-refractivity contribution in [1.29, 1.82) is 0 Å². The number of hydrogen-bond acceptors (Lipinski definition) is 3. The molecule has 4 rings (SSSR count). The zero-order valence-electron chi connectivity index (χ0n) is 12.6. The Bertz CT molecular complexity index is 689. The van der Waals surface area contributed by atoms with E-state index in [0.717, 1.165) is 24.2 Å². The van der Waals surface area contributed by atoms with Gasteiger partial charge in [0.2, 0.25) is 0 Å². The molecule has 22 heavy (non-hydrogen) atoms. The summed E-state index contributed by atoms with van der Waals surface area (Å²) in [5, 5.41) is 6.63. The molecular formula is C18H20N2O2. The van der Waals surface area contributed by atoms with E-state index >= 15 is 0 Å². The minimum atomic E-state index is -0.113. The molecule has 0 unspecified atom stereocenters. The monoisotopic (exact) mass is 296 g/mol. The van der Waals surface area contributed by atoms with Crippen molar-refractivity contribution < 1.29 is 9.21 Å². The summed E-state index contributed by atoms with van der Waals surface area (Å²) in [5.41, 5.74) is 2.20. The van der Waals surface area contributed by atoms with Crippen molar-refractivity contribution in [1.82, 2.24) is 10.6 Å². The zero-order valence-corrected chi connectivity index (χ0v) is 12.6. The fraction of sp³-hybridized carbons (Fsp3) is 0.389. The Morgan fingerprint density at radius 2 is 2.00 bits per heavy atom. The first-order chi connectivity index (χ1) is 10.7. The first-order valence-electron chi connectivity index (χ1n) is 7.93. The minimum absolute atomic E-state index is 0.113. The van der Waals surface area contributed by atoms with Crippen LogP contribution in [0.15, 0.2) is 40.8 Å². The normalized spacial score (nSPS) is 26.3. The van der Waals surface area contributed by atoms with Gasteiger partial charge in [-0.05, 0) is 38.3 Å². The summed E-state index contributed by atoms with van der Waals surface area (Å²) in [6.07, 6.45) is 3.42. The van der Waals surface area contributed by atoms with Crippen LogP contribution >= 0.6 is 0 Å². The molecule has 0 radical (unpaired) electrons. The Balaban J connectivity index is 1.46. The Hall–Kier alpha value is -2.07. The highest BCUT2D eigenvalue weighted by Crippen LogP contribution is 2.29. The van der Waals surface area contributed by atoms with Crippen LogP contribution in [0, 0.1) is 6.92 Å². The van der Waals surface area contributed by atoms with Gasteiger partial charge < -0.3 is 15.1 Å². The van der Waals surface area contributed by atoms with Gasteiger partial charge in [-0.15, -0.1) is 0 Å². The van der Waals surface area contributed by atoms with E-state index in [1.807, 2.05) is 37.3 Å². The van der Waals surface area contributed by atoms with E-state index in [9.17, 15) is 4.79 Å². The van der Waals surface area contributed by atoms with Gasteiger partial charge in [0.05, 0.1) is 0 Å². The molecule has 1 amide bonds. The summed E-state index contributed by atoms with van der Waals surface area (Å²) in [6, 6.07) is 13.0. The zero-order chi connectivity index (χ0) is 15.1. The third-order valence-corrected chi connectivity index (χ3v) is 4.78. The number of furan rings is 1. The van der Waals surface area contributed by atoms with Crippen molar-refractivity contribution in [2.75, 3.05) is 0 Å². The van der Waals surface area contributed by atoms with Gasteiger partial charge >= 0.3 is 0 Å². The summed E-state index contributed by atoms with van der Waals surface area (Å²) >= 11 is 0. The number of rotatable bonds is 3. The first kappa shape index (κ1) is 13.6. The Morgan fingerprint density at radius 1 is 1.18 bits per heavy atom. The average molecular weight is 296 g/mol. The smallest absolute Gasteiger partial charge is 0.287 e. The van der Waals surface area contributed by atoms with E-state index in [0.29, 0.717) is 17.8 Å². The summed E-state index contributed by atoms with van der Waals surface area (Å²) in [4.78, 5) is 12.3. The molecule has 2 aliphatic rings. The van der Waals surface area contributed by atoms with Crippen molar-refractivity contribution in [2.24, 2.45) is 0 Å². The highest BCUT2D eigenvalue weighted by atomic mass is 16.3. The van der Waals surface area contributed by atoms with E-state index in [4.69, 9.17) is 4.42 Å². The van der Waals surface area contributed by atoms with Crippen LogP contribution < -0.4 is 10.6 Å². The molecule has 2 aliphatic heterocycles. The van der Waals surface area contributed by atoms with Gasteiger partial charge in [-0.1, -0.05) is 29.8 Å². The van der Waals surface area contributed by atoms with Crippen LogP contribution in [0.3, 0.4) is 0 Å². The Kier molecular flexibility index (Phi) is 3.26. The van der Waals surface area contributed by atoms with E-state index in [2.05, 4.69) is 10.6 Å². The van der Waals surface area contributed by atoms with Crippen molar-refractivity contribution in [3.05, 3.63) is 47.7 Å². The topological polar surface area (TPSA) is 54.3 Å². The average Bonchev–Trinajstić information content (AvgIpc) is 3.24. The van der Waals surface area contributed by atoms with Crippen molar-refractivity contribution >= 4 is 5.91 Å². The Morgan fingerprint density at radius 3 is 2.68 bits per heavy atom. The van der Waals surface area contributed by atoms with E-state index in [1.165, 1.54) is 12.0 Å². The number of aryl methyl sites for hydroxylation is 1. The number of fused-ring (bicyclic) bond motifs is 2. The fourth-order valence-corrected chi connectivity index (χ4v) is 3.56. The molecule has 0 aliphatic carbocycles. The molecule has 3 atom stereocenters. The van der Waals surface area contributed by atoms with Crippen LogP contribution in [0.1, 0.15) is 35.4 Å². The number of carbonyl (C=O) groups excluding carboxylic acids is 1. The lowest BCUT2D eigenvalue weighted by molar-refractivity contribution is 0.0903. The Labute approximate surface area is 129 Å². The molecule has 114 valence electrons. The molecule has 4 nitrogen and oxygen atoms in total. The minimum Gasteiger partial charge on any atom is -0.451 e. The number of amides is 1. The molecule has 3 heterocycles. The molecule has 1 aromatic carbocycles. The predicted octanol–water partition coefficient (Wildman–Crippen LogP) is 2.88. The molecule has 1 aromatic heterocycles. The maximum absolute atomic E-state index is 12.3. The highest BCUT2D eigenvalue weighted by Gasteiger charge is 2.39. The lowest BCUT2D eigenvalue weighted by Crippen LogP contribution is -2.42. The van der Waals surface area contributed by atoms with E-state index in [1.54, 1.807) is 6.07 Å². The second-order valence-corrected chi connectivity index (χ2v) is 6.39. The van der Waals surface area contributed by atoms with Gasteiger partial charge in [-0.25, -0.2) is 0 Å². The molecule has 2 bridgehead atoms. The molecule has 2 saturated heterocycles. The van der Waals surface area contributed by atoms with Crippen LogP contribution in [-0.4, -0.2) is 24.0 Å². The molecule has 2 aromatic rings. The van der Waals surface area contributed by atoms with Gasteiger partial charge in [-0.2, -0.15) is 0 Å². The number of hydrogen-bond donors (Lipinski definition) is 2. The van der Waals surface area contributed by atoms with Gasteiger partial charge in [0.15, 0.2) is 5.76 Å². The molecule has 0 spiro atoms. The summed E-state index contributed by atoms with van der Waals surface area (Å²) in [5.74, 6) is 1.01. The largest absolute Gasteiger partial charge is 0.451 e. The molecule has 0 saturated carbocycles. The molecular weight excluding hydrogens is 276 g/mol. The lowest BCUT2D eigenvalue weighted by atomic mass is 9.95. The van der Waals surface area contributed by atoms with Crippen molar-refractivity contribution in [2.45, 2.75) is 44.3 Å². The lowest BCUT2D eigenvalue weighted by Gasteiger charge is -2.20. The summed E-state index contributed by atoms with van der Waals surface area (Å²) < 4.78 is 5.73. The molecule has 4 heteroatoms. The second-order valence-electron chi connectivity index (χ2n) is 6.39. The van der Waals surface area contributed by atoms with Crippen LogP contribution in [-0.2, 0) is 0 Å². The first-order valence-corrected chi connectivity index (χ1v) is 7.93. The third kappa shape index (κ3) is 2.44. The number of benzene rings is 1. The fourth-order valence-electron chi connectivity index (χ4n) is 3.56. The standard InChI is InChI=1S/C18H20N2O2/c1-11-2-4-12(5-3-11)16-8-9-17(22-16)18(21)20-15-10-13-6-7-14(15)19-13/h2-5,8-9,13-15,19H,6-7,10H2,1H3,(H,20,21)/t13-,14+,15-/m1/s1. The van der Waals surface area contributed by atoms with E-state index < -0.39 is 0 Å². The van der Waals surface area contributed by atoms with Crippen molar-refractivity contribution in [3.8, 4) is 11.3 Å². The number of carbonyl (C=O) groups is 1. The third-order valence-electron chi connectivity index (χ3n) is 4.78. The van der Waals surface area contributed by atoms with Crippen molar-refractivity contribution in [3.63, 3.8) is 0 Å². The van der Waals surface area contributed by atoms with Crippen LogP contribution in [0.4, 0.5) is 0 Å². The van der Waals surface area contributed by atoms with Crippen LogP contribution in [0.5, 0.6) is 0 Å². The van der Waals surface area contributed by atoms with E-state index in [-0.39, 0.29) is 11.9 Å². The van der Waals surface area contributed by atoms with Gasteiger partial charge in [0.1, 0.15) is 5.76 Å². The van der Waals surface area contributed by atoms with Gasteiger partial charge in [0, 0.05) is 23.7 Å². The predicted molar refractivity (Wildman–Crippen MR) is 84.7 cm³/mol. The summed E-state index contributed by atoms with van der Waals surface area (Å²) in [6.45, 7) is 2.05. The highest BCUT2D eigenvalue weighted by molar-refractivity contribution is 5.92. The quantitative estimate of drug-likeness (QED) is 0.915. The molecule has 2 fully saturated rings. The second kappa shape index (κ2) is 5.29. The number of nitrogens with one attached hydrogen (secondary N) is 2. The van der Waals surface area contributed by atoms with Crippen LogP contribution in [0.2, 0.25) is 0 Å². The van der Waals surface area contributed by atoms with Gasteiger partial charge in [0.25, 0.3) is 5.91 Å². The maximum atomic E-state index is 12.3. The summed E-state index contributed by atoms with van der Waals surface area (Å²) in [7, 11) is 0.